The fourth-order valence-corrected chi connectivity index (χ4v) is 3.06. The van der Waals surface area contributed by atoms with Gasteiger partial charge in [-0.1, -0.05) is 30.1 Å². The second kappa shape index (κ2) is 5.67. The minimum absolute atomic E-state index is 0.646. The van der Waals surface area contributed by atoms with Crippen molar-refractivity contribution in [2.75, 3.05) is 5.75 Å². The van der Waals surface area contributed by atoms with E-state index >= 15 is 0 Å². The topological polar surface area (TPSA) is 37.3 Å². The molecule has 74 valence electrons. The van der Waals surface area contributed by atoms with Crippen molar-refractivity contribution in [3.8, 4) is 0 Å². The Morgan fingerprint density at radius 3 is 2.62 bits per heavy atom. The average Bonchev–Trinajstić information content (AvgIpc) is 1.99. The molecule has 0 fully saturated rings. The molecule has 0 atom stereocenters. The number of hydrogen-bond donors (Lipinski definition) is 1. The van der Waals surface area contributed by atoms with Gasteiger partial charge in [0.1, 0.15) is 8.28 Å². The van der Waals surface area contributed by atoms with Crippen LogP contribution in [0.1, 0.15) is 13.8 Å². The second-order valence-corrected chi connectivity index (χ2v) is 6.61. The van der Waals surface area contributed by atoms with E-state index in [0.29, 0.717) is 3.53 Å². The van der Waals surface area contributed by atoms with Crippen molar-refractivity contribution in [2.45, 2.75) is 18.6 Å². The monoisotopic (exact) mass is 236 g/mol. The van der Waals surface area contributed by atoms with Gasteiger partial charge in [-0.25, -0.2) is 0 Å². The molecule has 0 radical (unpaired) electrons. The van der Waals surface area contributed by atoms with Crippen LogP contribution >= 0.6 is 35.7 Å². The Hall–Kier alpha value is -0.000000000000000111. The molecule has 0 aliphatic carbocycles. The van der Waals surface area contributed by atoms with Crippen LogP contribution in [0, 0.1) is 0 Å². The lowest BCUT2D eigenvalue weighted by atomic mass is 10.2. The number of rotatable bonds is 4. The lowest BCUT2D eigenvalue weighted by Crippen LogP contribution is -2.28. The lowest BCUT2D eigenvalue weighted by Gasteiger charge is -2.17. The molecular formula is C8H12O2S3. The van der Waals surface area contributed by atoms with E-state index in [2.05, 4.69) is 6.58 Å². The van der Waals surface area contributed by atoms with Gasteiger partial charge in [0.15, 0.2) is 0 Å². The Morgan fingerprint density at radius 1 is 1.69 bits per heavy atom. The first kappa shape index (κ1) is 13.0. The minimum Gasteiger partial charge on any atom is -0.480 e. The Kier molecular flexibility index (Phi) is 5.67. The molecule has 0 aromatic heterocycles. The van der Waals surface area contributed by atoms with Crippen LogP contribution in [-0.4, -0.2) is 25.1 Å². The summed E-state index contributed by atoms with van der Waals surface area (Å²) in [5.74, 6) is -0.124. The van der Waals surface area contributed by atoms with Gasteiger partial charge in [0.2, 0.25) is 0 Å². The van der Waals surface area contributed by atoms with Gasteiger partial charge >= 0.3 is 5.97 Å². The summed E-state index contributed by atoms with van der Waals surface area (Å²) in [7, 11) is 0. The first-order chi connectivity index (χ1) is 5.90. The maximum Gasteiger partial charge on any atom is 0.319 e. The highest BCUT2D eigenvalue weighted by Gasteiger charge is 2.29. The van der Waals surface area contributed by atoms with Crippen molar-refractivity contribution in [2.24, 2.45) is 0 Å². The van der Waals surface area contributed by atoms with Crippen LogP contribution < -0.4 is 0 Å². The highest BCUT2D eigenvalue weighted by atomic mass is 32.2. The number of aliphatic carboxylic acids is 1. The molecule has 1 N–H and O–H groups in total. The predicted octanol–water partition coefficient (Wildman–Crippen LogP) is 2.79. The predicted molar refractivity (Wildman–Crippen MR) is 64.6 cm³/mol. The summed E-state index contributed by atoms with van der Waals surface area (Å²) in [6, 6.07) is 0. The van der Waals surface area contributed by atoms with Gasteiger partial charge in [-0.2, -0.15) is 0 Å². The van der Waals surface area contributed by atoms with Crippen molar-refractivity contribution < 1.29 is 9.90 Å². The summed E-state index contributed by atoms with van der Waals surface area (Å²) in [6.45, 7) is 6.84. The van der Waals surface area contributed by atoms with Crippen molar-refractivity contribution in [3.05, 3.63) is 12.7 Å². The van der Waals surface area contributed by atoms with Gasteiger partial charge in [-0.15, -0.1) is 18.3 Å². The third-order valence-corrected chi connectivity index (χ3v) is 3.87. The Morgan fingerprint density at radius 2 is 2.23 bits per heavy atom. The van der Waals surface area contributed by atoms with Crippen LogP contribution in [0.5, 0.6) is 0 Å². The summed E-state index contributed by atoms with van der Waals surface area (Å²) < 4.78 is -0.196. The second-order valence-electron chi connectivity index (χ2n) is 2.77. The molecule has 2 nitrogen and oxygen atoms in total. The van der Waals surface area contributed by atoms with Crippen LogP contribution in [0.3, 0.4) is 0 Å². The Labute approximate surface area is 92.2 Å². The van der Waals surface area contributed by atoms with E-state index in [1.54, 1.807) is 19.9 Å². The molecule has 0 aromatic rings. The zero-order valence-electron chi connectivity index (χ0n) is 7.57. The Bertz CT molecular complexity index is 223. The highest BCUT2D eigenvalue weighted by molar-refractivity contribution is 8.47. The van der Waals surface area contributed by atoms with Crippen LogP contribution in [0.15, 0.2) is 12.7 Å². The van der Waals surface area contributed by atoms with Crippen molar-refractivity contribution in [1.82, 2.24) is 0 Å². The summed E-state index contributed by atoms with van der Waals surface area (Å²) in [4.78, 5) is 10.7. The summed E-state index contributed by atoms with van der Waals surface area (Å²) >= 11 is 7.63. The van der Waals surface area contributed by atoms with Crippen LogP contribution in [0.4, 0.5) is 0 Å². The van der Waals surface area contributed by atoms with E-state index in [-0.39, 0.29) is 0 Å². The van der Waals surface area contributed by atoms with E-state index < -0.39 is 10.7 Å². The first-order valence-electron chi connectivity index (χ1n) is 3.60. The molecule has 0 saturated heterocycles. The summed E-state index contributed by atoms with van der Waals surface area (Å²) in [5, 5.41) is 8.81. The van der Waals surface area contributed by atoms with Crippen molar-refractivity contribution >= 4 is 45.2 Å². The molecule has 0 bridgehead atoms. The summed E-state index contributed by atoms with van der Waals surface area (Å²) in [6.07, 6.45) is 1.74. The number of carbonyl (C=O) groups is 1. The minimum atomic E-state index is -0.848. The van der Waals surface area contributed by atoms with E-state index in [4.69, 9.17) is 17.3 Å². The summed E-state index contributed by atoms with van der Waals surface area (Å²) in [5.41, 5.74) is 0. The lowest BCUT2D eigenvalue weighted by molar-refractivity contribution is -0.138. The average molecular weight is 236 g/mol. The van der Waals surface area contributed by atoms with Gasteiger partial charge < -0.3 is 5.11 Å². The molecule has 0 amide bonds. The van der Waals surface area contributed by atoms with Crippen LogP contribution in [-0.2, 0) is 4.79 Å². The van der Waals surface area contributed by atoms with E-state index in [0.717, 1.165) is 5.75 Å². The van der Waals surface area contributed by atoms with E-state index in [1.165, 1.54) is 23.5 Å². The Balaban J connectivity index is 4.04. The number of carboxylic acid groups (broad SMARTS) is 1. The molecule has 0 unspecified atom stereocenters. The molecule has 0 rings (SSSR count). The van der Waals surface area contributed by atoms with E-state index in [9.17, 15) is 4.79 Å². The smallest absolute Gasteiger partial charge is 0.319 e. The van der Waals surface area contributed by atoms with E-state index in [1.807, 2.05) is 0 Å². The number of thiocarbonyl (C=S) groups is 1. The zero-order chi connectivity index (χ0) is 10.5. The first-order valence-corrected chi connectivity index (χ1v) is 5.81. The molecule has 0 heterocycles. The van der Waals surface area contributed by atoms with Gasteiger partial charge in [0, 0.05) is 5.75 Å². The third kappa shape index (κ3) is 5.33. The zero-order valence-corrected chi connectivity index (χ0v) is 10.0. The number of carboxylic acids is 1. The molecular weight excluding hydrogens is 224 g/mol. The van der Waals surface area contributed by atoms with Crippen molar-refractivity contribution in [3.63, 3.8) is 0 Å². The molecule has 0 saturated carbocycles. The van der Waals surface area contributed by atoms with Gasteiger partial charge in [-0.05, 0) is 13.8 Å². The highest BCUT2D eigenvalue weighted by Crippen LogP contribution is 2.30. The SMILES string of the molecule is C=CCSC(=S)SC(C)(C)C(=O)O. The van der Waals surface area contributed by atoms with Crippen LogP contribution in [0.2, 0.25) is 0 Å². The standard InChI is InChI=1S/C8H12O2S3/c1-4-5-12-7(11)13-8(2,3)6(9)10/h4H,1,5H2,2-3H3,(H,9,10). The fraction of sp³-hybridized carbons (Fsp3) is 0.500. The normalized spacial score (nSPS) is 10.9. The molecule has 0 aliphatic rings. The number of thioether (sulfide) groups is 2. The fourth-order valence-electron chi connectivity index (χ4n) is 0.408. The van der Waals surface area contributed by atoms with Crippen molar-refractivity contribution in [1.29, 1.82) is 0 Å². The maximum atomic E-state index is 10.7. The maximum absolute atomic E-state index is 10.7. The molecule has 5 heteroatoms. The van der Waals surface area contributed by atoms with Gasteiger partial charge in [-0.3, -0.25) is 4.79 Å². The molecule has 13 heavy (non-hydrogen) atoms. The largest absolute Gasteiger partial charge is 0.480 e. The quantitative estimate of drug-likeness (QED) is 0.600. The number of hydrogen-bond acceptors (Lipinski definition) is 4. The molecule has 0 spiro atoms. The molecule has 0 aromatic carbocycles. The van der Waals surface area contributed by atoms with Gasteiger partial charge in [0.25, 0.3) is 0 Å². The molecule has 0 aliphatic heterocycles. The van der Waals surface area contributed by atoms with Crippen LogP contribution in [0.25, 0.3) is 0 Å². The third-order valence-electron chi connectivity index (χ3n) is 1.17. The van der Waals surface area contributed by atoms with Gasteiger partial charge in [0.05, 0.1) is 0 Å².